The first-order valence-electron chi connectivity index (χ1n) is 7.74. The van der Waals surface area contributed by atoms with Crippen molar-refractivity contribution >= 4 is 0 Å². The van der Waals surface area contributed by atoms with Crippen molar-refractivity contribution in [2.24, 2.45) is 5.92 Å². The molecule has 2 atom stereocenters. The van der Waals surface area contributed by atoms with Crippen molar-refractivity contribution in [2.75, 3.05) is 39.8 Å². The molecule has 1 rings (SSSR count). The van der Waals surface area contributed by atoms with E-state index >= 15 is 0 Å². The topological polar surface area (TPSA) is 18.5 Å². The van der Waals surface area contributed by atoms with Gasteiger partial charge in [0, 0.05) is 38.3 Å². The lowest BCUT2D eigenvalue weighted by Gasteiger charge is -2.41. The third kappa shape index (κ3) is 4.87. The number of likely N-dealkylation sites (N-methyl/N-ethyl adjacent to an activating group) is 1. The number of hydrogen-bond acceptors (Lipinski definition) is 3. The molecule has 1 fully saturated rings. The van der Waals surface area contributed by atoms with Crippen LogP contribution < -0.4 is 5.32 Å². The first-order valence-corrected chi connectivity index (χ1v) is 7.74. The Hall–Kier alpha value is -0.120. The van der Waals surface area contributed by atoms with Crippen molar-refractivity contribution in [1.82, 2.24) is 15.1 Å². The molecule has 108 valence electrons. The van der Waals surface area contributed by atoms with Crippen LogP contribution in [0.5, 0.6) is 0 Å². The van der Waals surface area contributed by atoms with E-state index in [1.54, 1.807) is 0 Å². The molecular weight excluding hydrogens is 222 g/mol. The molecule has 3 nitrogen and oxygen atoms in total. The summed E-state index contributed by atoms with van der Waals surface area (Å²) in [5.74, 6) is 0.719. The Morgan fingerprint density at radius 3 is 2.50 bits per heavy atom. The Kier molecular flexibility index (Phi) is 7.20. The Bertz CT molecular complexity index is 218. The van der Waals surface area contributed by atoms with Crippen molar-refractivity contribution in [2.45, 2.75) is 52.6 Å². The van der Waals surface area contributed by atoms with Gasteiger partial charge in [-0.1, -0.05) is 27.7 Å². The Morgan fingerprint density at radius 1 is 1.22 bits per heavy atom. The van der Waals surface area contributed by atoms with E-state index in [2.05, 4.69) is 49.9 Å². The van der Waals surface area contributed by atoms with Gasteiger partial charge in [0.1, 0.15) is 0 Å². The van der Waals surface area contributed by atoms with E-state index in [0.717, 1.165) is 18.5 Å². The fraction of sp³-hybridized carbons (Fsp3) is 1.00. The quantitative estimate of drug-likeness (QED) is 0.751. The monoisotopic (exact) mass is 255 g/mol. The van der Waals surface area contributed by atoms with Crippen molar-refractivity contribution in [3.63, 3.8) is 0 Å². The molecule has 0 spiro atoms. The Morgan fingerprint density at radius 2 is 1.94 bits per heavy atom. The number of piperazine rings is 1. The highest BCUT2D eigenvalue weighted by atomic mass is 15.3. The van der Waals surface area contributed by atoms with E-state index in [1.807, 2.05) is 0 Å². The molecule has 1 N–H and O–H groups in total. The summed E-state index contributed by atoms with van der Waals surface area (Å²) in [4.78, 5) is 5.17. The number of nitrogens with zero attached hydrogens (tertiary/aromatic N) is 2. The Labute approximate surface area is 114 Å². The van der Waals surface area contributed by atoms with Crippen molar-refractivity contribution in [1.29, 1.82) is 0 Å². The number of rotatable bonds is 7. The summed E-state index contributed by atoms with van der Waals surface area (Å²) < 4.78 is 0. The van der Waals surface area contributed by atoms with Gasteiger partial charge in [0.2, 0.25) is 0 Å². The van der Waals surface area contributed by atoms with Crippen LogP contribution in [0.15, 0.2) is 0 Å². The molecule has 0 saturated carbocycles. The van der Waals surface area contributed by atoms with E-state index < -0.39 is 0 Å². The predicted molar refractivity (Wildman–Crippen MR) is 80.1 cm³/mol. The molecule has 2 unspecified atom stereocenters. The fourth-order valence-electron chi connectivity index (χ4n) is 2.74. The number of nitrogens with one attached hydrogen (secondary N) is 1. The highest BCUT2D eigenvalue weighted by Gasteiger charge is 2.25. The van der Waals surface area contributed by atoms with Gasteiger partial charge >= 0.3 is 0 Å². The molecule has 1 aliphatic rings. The molecule has 0 amide bonds. The van der Waals surface area contributed by atoms with E-state index in [4.69, 9.17) is 0 Å². The van der Waals surface area contributed by atoms with Crippen molar-refractivity contribution in [3.05, 3.63) is 0 Å². The van der Waals surface area contributed by atoms with Gasteiger partial charge in [-0.25, -0.2) is 0 Å². The molecule has 1 saturated heterocycles. The van der Waals surface area contributed by atoms with Gasteiger partial charge in [-0.15, -0.1) is 0 Å². The maximum absolute atomic E-state index is 3.70. The fourth-order valence-corrected chi connectivity index (χ4v) is 2.74. The lowest BCUT2D eigenvalue weighted by molar-refractivity contribution is 0.0812. The maximum atomic E-state index is 3.70. The summed E-state index contributed by atoms with van der Waals surface area (Å²) in [7, 11) is 2.26. The van der Waals surface area contributed by atoms with Gasteiger partial charge in [-0.3, -0.25) is 4.90 Å². The standard InChI is InChI=1S/C15H33N3/c1-6-8-16-15(13(3)4)12-18-10-9-17(5)14(7-2)11-18/h13-16H,6-12H2,1-5H3. The molecule has 0 radical (unpaired) electrons. The first kappa shape index (κ1) is 15.9. The van der Waals surface area contributed by atoms with Crippen LogP contribution in [0.25, 0.3) is 0 Å². The van der Waals surface area contributed by atoms with Crippen LogP contribution in [0.4, 0.5) is 0 Å². The zero-order valence-corrected chi connectivity index (χ0v) is 13.1. The summed E-state index contributed by atoms with van der Waals surface area (Å²) in [5.41, 5.74) is 0. The SMILES string of the molecule is CCCNC(CN1CCN(C)C(CC)C1)C(C)C. The summed E-state index contributed by atoms with van der Waals surface area (Å²) in [6.45, 7) is 15.3. The smallest absolute Gasteiger partial charge is 0.0218 e. The Balaban J connectivity index is 2.43. The largest absolute Gasteiger partial charge is 0.312 e. The molecular formula is C15H33N3. The minimum absolute atomic E-state index is 0.644. The van der Waals surface area contributed by atoms with Crippen LogP contribution >= 0.6 is 0 Å². The van der Waals surface area contributed by atoms with Crippen LogP contribution in [-0.2, 0) is 0 Å². The second-order valence-corrected chi connectivity index (χ2v) is 6.11. The minimum atomic E-state index is 0.644. The zero-order valence-electron chi connectivity index (χ0n) is 13.1. The number of hydrogen-bond donors (Lipinski definition) is 1. The summed E-state index contributed by atoms with van der Waals surface area (Å²) in [5, 5.41) is 3.70. The van der Waals surface area contributed by atoms with Crippen LogP contribution in [-0.4, -0.2) is 61.7 Å². The second kappa shape index (κ2) is 8.13. The zero-order chi connectivity index (χ0) is 13.5. The van der Waals surface area contributed by atoms with E-state index in [0.29, 0.717) is 6.04 Å². The third-order valence-electron chi connectivity index (χ3n) is 4.25. The van der Waals surface area contributed by atoms with Crippen LogP contribution in [0.3, 0.4) is 0 Å². The average molecular weight is 255 g/mol. The minimum Gasteiger partial charge on any atom is -0.312 e. The van der Waals surface area contributed by atoms with Gasteiger partial charge in [-0.05, 0) is 32.4 Å². The van der Waals surface area contributed by atoms with Crippen LogP contribution in [0.1, 0.15) is 40.5 Å². The molecule has 0 aliphatic carbocycles. The van der Waals surface area contributed by atoms with Crippen molar-refractivity contribution in [3.8, 4) is 0 Å². The predicted octanol–water partition coefficient (Wildman–Crippen LogP) is 2.04. The van der Waals surface area contributed by atoms with Gasteiger partial charge in [0.15, 0.2) is 0 Å². The van der Waals surface area contributed by atoms with Crippen molar-refractivity contribution < 1.29 is 0 Å². The molecule has 1 heterocycles. The summed E-state index contributed by atoms with van der Waals surface area (Å²) in [6.07, 6.45) is 2.49. The van der Waals surface area contributed by atoms with Gasteiger partial charge in [0.25, 0.3) is 0 Å². The lowest BCUT2D eigenvalue weighted by Crippen LogP contribution is -2.55. The maximum Gasteiger partial charge on any atom is 0.0218 e. The molecule has 0 aromatic heterocycles. The first-order chi connectivity index (χ1) is 8.58. The van der Waals surface area contributed by atoms with Gasteiger partial charge in [0.05, 0.1) is 0 Å². The summed E-state index contributed by atoms with van der Waals surface area (Å²) >= 11 is 0. The molecule has 3 heteroatoms. The molecule has 0 aromatic carbocycles. The van der Waals surface area contributed by atoms with Gasteiger partial charge in [-0.2, -0.15) is 0 Å². The molecule has 18 heavy (non-hydrogen) atoms. The average Bonchev–Trinajstić information content (AvgIpc) is 2.36. The highest BCUT2D eigenvalue weighted by molar-refractivity contribution is 4.83. The lowest BCUT2D eigenvalue weighted by atomic mass is 10.0. The van der Waals surface area contributed by atoms with E-state index in [-0.39, 0.29) is 0 Å². The molecule has 0 aromatic rings. The normalized spacial score (nSPS) is 24.7. The van der Waals surface area contributed by atoms with E-state index in [1.165, 1.54) is 39.0 Å². The van der Waals surface area contributed by atoms with Crippen LogP contribution in [0, 0.1) is 5.92 Å². The second-order valence-electron chi connectivity index (χ2n) is 6.11. The third-order valence-corrected chi connectivity index (χ3v) is 4.25. The van der Waals surface area contributed by atoms with Gasteiger partial charge < -0.3 is 10.2 Å². The molecule has 0 bridgehead atoms. The van der Waals surface area contributed by atoms with Crippen LogP contribution in [0.2, 0.25) is 0 Å². The molecule has 1 aliphatic heterocycles. The summed E-state index contributed by atoms with van der Waals surface area (Å²) in [6, 6.07) is 1.39. The highest BCUT2D eigenvalue weighted by Crippen LogP contribution is 2.13. The van der Waals surface area contributed by atoms with E-state index in [9.17, 15) is 0 Å².